The molecule has 1 aromatic rings. The fraction of sp³-hybridized carbons (Fsp3) is 0.556. The largest absolute Gasteiger partial charge is 0.468 e. The fourth-order valence-electron chi connectivity index (χ4n) is 1.49. The number of nitrogens with one attached hydrogen (secondary N) is 1. The number of piperazine rings is 1. The highest BCUT2D eigenvalue weighted by atomic mass is 35.5. The Balaban J connectivity index is 0.000000845. The summed E-state index contributed by atoms with van der Waals surface area (Å²) in [5.74, 6) is 1.07. The fourth-order valence-corrected chi connectivity index (χ4v) is 1.49. The molecule has 0 spiro atoms. The van der Waals surface area contributed by atoms with Crippen LogP contribution in [0.3, 0.4) is 0 Å². The number of furan rings is 1. The van der Waals surface area contributed by atoms with E-state index in [2.05, 4.69) is 10.2 Å². The minimum Gasteiger partial charge on any atom is -0.468 e. The van der Waals surface area contributed by atoms with E-state index >= 15 is 0 Å². The van der Waals surface area contributed by atoms with Crippen LogP contribution in [0.2, 0.25) is 0 Å². The Labute approximate surface area is 96.7 Å². The average molecular weight is 239 g/mol. The zero-order valence-electron chi connectivity index (χ0n) is 7.94. The first-order chi connectivity index (χ1) is 5.95. The van der Waals surface area contributed by atoms with E-state index < -0.39 is 0 Å². The standard InChI is InChI=1S/C9H14N2O.2ClH/c1-2-9(12-7-1)8-11-5-3-10-4-6-11;;/h1-2,7,10H,3-6,8H2;2*1H. The smallest absolute Gasteiger partial charge is 0.117 e. The molecular formula is C9H16Cl2N2O. The quantitative estimate of drug-likeness (QED) is 0.848. The number of hydrogen-bond acceptors (Lipinski definition) is 3. The molecule has 82 valence electrons. The summed E-state index contributed by atoms with van der Waals surface area (Å²) in [5.41, 5.74) is 0. The van der Waals surface area contributed by atoms with Crippen molar-refractivity contribution in [2.45, 2.75) is 6.54 Å². The Hall–Kier alpha value is -0.220. The summed E-state index contributed by atoms with van der Waals surface area (Å²) < 4.78 is 5.27. The van der Waals surface area contributed by atoms with Crippen molar-refractivity contribution in [1.29, 1.82) is 0 Å². The van der Waals surface area contributed by atoms with E-state index in [9.17, 15) is 0 Å². The Morgan fingerprint density at radius 3 is 2.57 bits per heavy atom. The van der Waals surface area contributed by atoms with E-state index in [1.165, 1.54) is 0 Å². The lowest BCUT2D eigenvalue weighted by Crippen LogP contribution is -2.42. The van der Waals surface area contributed by atoms with Gasteiger partial charge in [-0.15, -0.1) is 24.8 Å². The van der Waals surface area contributed by atoms with Gasteiger partial charge in [0.2, 0.25) is 0 Å². The molecule has 5 heteroatoms. The maximum Gasteiger partial charge on any atom is 0.117 e. The summed E-state index contributed by atoms with van der Waals surface area (Å²) in [6.07, 6.45) is 1.73. The van der Waals surface area contributed by atoms with Crippen molar-refractivity contribution in [2.24, 2.45) is 0 Å². The first-order valence-corrected chi connectivity index (χ1v) is 4.40. The zero-order valence-corrected chi connectivity index (χ0v) is 9.57. The van der Waals surface area contributed by atoms with Crippen LogP contribution in [0.1, 0.15) is 5.76 Å². The predicted octanol–water partition coefficient (Wildman–Crippen LogP) is 1.53. The number of halogens is 2. The van der Waals surface area contributed by atoms with Crippen LogP contribution >= 0.6 is 24.8 Å². The molecule has 3 nitrogen and oxygen atoms in total. The molecule has 14 heavy (non-hydrogen) atoms. The third-order valence-electron chi connectivity index (χ3n) is 2.17. The molecule has 1 aromatic heterocycles. The van der Waals surface area contributed by atoms with Gasteiger partial charge in [-0.2, -0.15) is 0 Å². The molecule has 1 aliphatic rings. The maximum absolute atomic E-state index is 5.27. The van der Waals surface area contributed by atoms with Crippen LogP contribution in [-0.4, -0.2) is 31.1 Å². The molecule has 0 bridgehead atoms. The summed E-state index contributed by atoms with van der Waals surface area (Å²) in [5, 5.41) is 3.32. The van der Waals surface area contributed by atoms with Gasteiger partial charge < -0.3 is 9.73 Å². The molecule has 0 aromatic carbocycles. The minimum absolute atomic E-state index is 0. The number of hydrogen-bond donors (Lipinski definition) is 1. The summed E-state index contributed by atoms with van der Waals surface area (Å²) in [6.45, 7) is 5.40. The van der Waals surface area contributed by atoms with Crippen molar-refractivity contribution in [2.75, 3.05) is 26.2 Å². The third kappa shape index (κ3) is 3.88. The number of nitrogens with zero attached hydrogens (tertiary/aromatic N) is 1. The van der Waals surface area contributed by atoms with Gasteiger partial charge in [-0.3, -0.25) is 4.90 Å². The highest BCUT2D eigenvalue weighted by Gasteiger charge is 2.10. The average Bonchev–Trinajstić information content (AvgIpc) is 2.59. The van der Waals surface area contributed by atoms with Crippen LogP contribution in [-0.2, 0) is 6.54 Å². The molecule has 1 saturated heterocycles. The van der Waals surface area contributed by atoms with Crippen molar-refractivity contribution in [3.8, 4) is 0 Å². The van der Waals surface area contributed by atoms with E-state index in [0.717, 1.165) is 38.5 Å². The lowest BCUT2D eigenvalue weighted by Gasteiger charge is -2.25. The van der Waals surface area contributed by atoms with Gasteiger partial charge in [-0.25, -0.2) is 0 Å². The summed E-state index contributed by atoms with van der Waals surface area (Å²) in [4.78, 5) is 2.40. The van der Waals surface area contributed by atoms with Gasteiger partial charge in [-0.1, -0.05) is 0 Å². The Morgan fingerprint density at radius 2 is 2.00 bits per heavy atom. The number of rotatable bonds is 2. The van der Waals surface area contributed by atoms with Gasteiger partial charge in [0.05, 0.1) is 12.8 Å². The molecule has 0 radical (unpaired) electrons. The van der Waals surface area contributed by atoms with E-state index in [-0.39, 0.29) is 24.8 Å². The van der Waals surface area contributed by atoms with Crippen LogP contribution in [0.15, 0.2) is 22.8 Å². The first-order valence-electron chi connectivity index (χ1n) is 4.40. The van der Waals surface area contributed by atoms with Crippen LogP contribution in [0.25, 0.3) is 0 Å². The Kier molecular flexibility index (Phi) is 7.01. The van der Waals surface area contributed by atoms with Crippen LogP contribution in [0.5, 0.6) is 0 Å². The minimum atomic E-state index is 0. The van der Waals surface area contributed by atoms with E-state index in [1.54, 1.807) is 6.26 Å². The molecule has 0 unspecified atom stereocenters. The monoisotopic (exact) mass is 238 g/mol. The maximum atomic E-state index is 5.27. The van der Waals surface area contributed by atoms with Crippen LogP contribution in [0, 0.1) is 0 Å². The second kappa shape index (κ2) is 7.12. The Bertz CT molecular complexity index is 223. The van der Waals surface area contributed by atoms with Crippen molar-refractivity contribution in [1.82, 2.24) is 10.2 Å². The van der Waals surface area contributed by atoms with Gasteiger partial charge in [0.25, 0.3) is 0 Å². The predicted molar refractivity (Wildman–Crippen MR) is 61.4 cm³/mol. The summed E-state index contributed by atoms with van der Waals surface area (Å²) >= 11 is 0. The highest BCUT2D eigenvalue weighted by molar-refractivity contribution is 5.85. The lowest BCUT2D eigenvalue weighted by molar-refractivity contribution is 0.216. The van der Waals surface area contributed by atoms with Crippen molar-refractivity contribution >= 4 is 24.8 Å². The molecule has 0 atom stereocenters. The van der Waals surface area contributed by atoms with Crippen molar-refractivity contribution < 1.29 is 4.42 Å². The van der Waals surface area contributed by atoms with E-state index in [0.29, 0.717) is 0 Å². The molecule has 2 rings (SSSR count). The van der Waals surface area contributed by atoms with Gasteiger partial charge in [0, 0.05) is 26.2 Å². The molecule has 1 N–H and O–H groups in total. The molecular weight excluding hydrogens is 223 g/mol. The van der Waals surface area contributed by atoms with Crippen molar-refractivity contribution in [3.63, 3.8) is 0 Å². The van der Waals surface area contributed by atoms with E-state index in [1.807, 2.05) is 12.1 Å². The van der Waals surface area contributed by atoms with Gasteiger partial charge >= 0.3 is 0 Å². The second-order valence-electron chi connectivity index (χ2n) is 3.11. The van der Waals surface area contributed by atoms with E-state index in [4.69, 9.17) is 4.42 Å². The molecule has 1 aliphatic heterocycles. The highest BCUT2D eigenvalue weighted by Crippen LogP contribution is 2.05. The Morgan fingerprint density at radius 1 is 1.29 bits per heavy atom. The molecule has 1 fully saturated rings. The normalized spacial score (nSPS) is 16.9. The van der Waals surface area contributed by atoms with Crippen LogP contribution in [0.4, 0.5) is 0 Å². The SMILES string of the molecule is Cl.Cl.c1coc(CN2CCNCC2)c1. The summed E-state index contributed by atoms with van der Waals surface area (Å²) in [6, 6.07) is 3.97. The summed E-state index contributed by atoms with van der Waals surface area (Å²) in [7, 11) is 0. The molecule has 0 saturated carbocycles. The molecule has 2 heterocycles. The zero-order chi connectivity index (χ0) is 8.23. The molecule has 0 amide bonds. The van der Waals surface area contributed by atoms with Gasteiger partial charge in [-0.05, 0) is 12.1 Å². The van der Waals surface area contributed by atoms with Crippen LogP contribution < -0.4 is 5.32 Å². The van der Waals surface area contributed by atoms with Gasteiger partial charge in [0.1, 0.15) is 5.76 Å². The lowest BCUT2D eigenvalue weighted by atomic mass is 10.3. The third-order valence-corrected chi connectivity index (χ3v) is 2.17. The van der Waals surface area contributed by atoms with Gasteiger partial charge in [0.15, 0.2) is 0 Å². The molecule has 0 aliphatic carbocycles. The topological polar surface area (TPSA) is 28.4 Å². The first kappa shape index (κ1) is 13.8. The van der Waals surface area contributed by atoms with Crippen molar-refractivity contribution in [3.05, 3.63) is 24.2 Å². The second-order valence-corrected chi connectivity index (χ2v) is 3.11.